The quantitative estimate of drug-likeness (QED) is 0.516. The molecule has 2 aromatic carbocycles. The highest BCUT2D eigenvalue weighted by atomic mass is 16.1. The Balaban J connectivity index is 1.94. The molecule has 1 amide bonds. The molecule has 1 atom stereocenters. The highest BCUT2D eigenvalue weighted by Crippen LogP contribution is 2.43. The molecule has 0 spiro atoms. The fraction of sp³-hybridized carbons (Fsp3) is 0.385. The first-order valence-electron chi connectivity index (χ1n) is 10.4. The molecule has 0 unspecified atom stereocenters. The van der Waals surface area contributed by atoms with Crippen LogP contribution in [-0.4, -0.2) is 18.5 Å². The number of aryl methyl sites for hydroxylation is 3. The zero-order valence-electron chi connectivity index (χ0n) is 19.1. The Morgan fingerprint density at radius 1 is 1.17 bits per heavy atom. The van der Waals surface area contributed by atoms with E-state index in [1.807, 2.05) is 39.0 Å². The van der Waals surface area contributed by atoms with Crippen LogP contribution in [0.2, 0.25) is 0 Å². The maximum absolute atomic E-state index is 12.7. The molecule has 0 radical (unpaired) electrons. The van der Waals surface area contributed by atoms with Crippen molar-refractivity contribution in [3.8, 4) is 6.07 Å². The summed E-state index contributed by atoms with van der Waals surface area (Å²) in [5.74, 6) is 0.0259. The van der Waals surface area contributed by atoms with E-state index < -0.39 is 0 Å². The number of nitrogens with zero attached hydrogens (tertiary/aromatic N) is 2. The molecule has 2 aromatic rings. The van der Waals surface area contributed by atoms with E-state index in [9.17, 15) is 10.1 Å². The van der Waals surface area contributed by atoms with E-state index in [2.05, 4.69) is 56.2 Å². The van der Waals surface area contributed by atoms with E-state index in [0.717, 1.165) is 28.7 Å². The molecule has 0 aliphatic carbocycles. The van der Waals surface area contributed by atoms with Crippen LogP contribution in [0, 0.1) is 32.1 Å². The summed E-state index contributed by atoms with van der Waals surface area (Å²) in [5.41, 5.74) is 7.62. The van der Waals surface area contributed by atoms with Gasteiger partial charge in [-0.2, -0.15) is 5.26 Å². The molecule has 4 nitrogen and oxygen atoms in total. The average Bonchev–Trinajstić information content (AvgIpc) is 2.67. The van der Waals surface area contributed by atoms with Gasteiger partial charge in [-0.3, -0.25) is 4.79 Å². The zero-order valence-corrected chi connectivity index (χ0v) is 19.1. The summed E-state index contributed by atoms with van der Waals surface area (Å²) in [5, 5.41) is 12.5. The molecular formula is C26H31N3O. The van der Waals surface area contributed by atoms with E-state index in [1.54, 1.807) is 6.08 Å². The Labute approximate surface area is 180 Å². The van der Waals surface area contributed by atoms with Crippen molar-refractivity contribution in [1.29, 1.82) is 5.26 Å². The first kappa shape index (κ1) is 21.6. The predicted octanol–water partition coefficient (Wildman–Crippen LogP) is 5.88. The second-order valence-corrected chi connectivity index (χ2v) is 9.17. The molecule has 1 heterocycles. The summed E-state index contributed by atoms with van der Waals surface area (Å²) in [6, 6.07) is 12.1. The summed E-state index contributed by atoms with van der Waals surface area (Å²) in [6.07, 6.45) is 2.76. The highest BCUT2D eigenvalue weighted by Gasteiger charge is 2.34. The predicted molar refractivity (Wildman–Crippen MR) is 125 cm³/mol. The molecule has 156 valence electrons. The van der Waals surface area contributed by atoms with Crippen LogP contribution >= 0.6 is 0 Å². The third kappa shape index (κ3) is 4.11. The van der Waals surface area contributed by atoms with Crippen molar-refractivity contribution < 1.29 is 4.79 Å². The van der Waals surface area contributed by atoms with Crippen LogP contribution in [0.15, 0.2) is 35.9 Å². The van der Waals surface area contributed by atoms with Crippen molar-refractivity contribution in [2.45, 2.75) is 59.4 Å². The van der Waals surface area contributed by atoms with Crippen molar-refractivity contribution in [2.24, 2.45) is 0 Å². The number of nitriles is 1. The molecule has 3 rings (SSSR count). The number of fused-ring (bicyclic) bond motifs is 1. The van der Waals surface area contributed by atoms with Crippen molar-refractivity contribution in [2.75, 3.05) is 17.3 Å². The first-order chi connectivity index (χ1) is 14.0. The number of hydrogen-bond donors (Lipinski definition) is 1. The second-order valence-electron chi connectivity index (χ2n) is 9.17. The molecule has 0 saturated carbocycles. The lowest BCUT2D eigenvalue weighted by atomic mass is 9.79. The van der Waals surface area contributed by atoms with Gasteiger partial charge in [0.2, 0.25) is 0 Å². The third-order valence-electron chi connectivity index (χ3n) is 6.45. The Kier molecular flexibility index (Phi) is 5.76. The summed E-state index contributed by atoms with van der Waals surface area (Å²) < 4.78 is 0. The normalized spacial score (nSPS) is 17.9. The molecule has 1 aliphatic heterocycles. The van der Waals surface area contributed by atoms with Crippen LogP contribution in [0.3, 0.4) is 0 Å². The number of anilines is 2. The van der Waals surface area contributed by atoms with E-state index in [4.69, 9.17) is 0 Å². The fourth-order valence-corrected chi connectivity index (χ4v) is 4.21. The molecule has 1 aliphatic rings. The SMILES string of the molecule is Cc1ccc(NC(=O)/C(C#N)=C\c2cc3c(cc2C)N(C)C(C)(C)C[C@H]3C)cc1C. The smallest absolute Gasteiger partial charge is 0.266 e. The Hall–Kier alpha value is -3.06. The maximum atomic E-state index is 12.7. The van der Waals surface area contributed by atoms with Gasteiger partial charge in [-0.15, -0.1) is 0 Å². The highest BCUT2D eigenvalue weighted by molar-refractivity contribution is 6.09. The summed E-state index contributed by atoms with van der Waals surface area (Å²) in [4.78, 5) is 15.1. The van der Waals surface area contributed by atoms with Gasteiger partial charge in [-0.25, -0.2) is 0 Å². The maximum Gasteiger partial charge on any atom is 0.266 e. The molecule has 0 fully saturated rings. The van der Waals surface area contributed by atoms with Crippen LogP contribution in [0.4, 0.5) is 11.4 Å². The number of rotatable bonds is 3. The van der Waals surface area contributed by atoms with Crippen LogP contribution in [-0.2, 0) is 4.79 Å². The van der Waals surface area contributed by atoms with Gasteiger partial charge in [-0.05, 0) is 105 Å². The van der Waals surface area contributed by atoms with E-state index in [1.165, 1.54) is 11.3 Å². The molecule has 0 aromatic heterocycles. The number of nitrogens with one attached hydrogen (secondary N) is 1. The Bertz CT molecular complexity index is 1070. The average molecular weight is 402 g/mol. The van der Waals surface area contributed by atoms with E-state index >= 15 is 0 Å². The molecule has 30 heavy (non-hydrogen) atoms. The minimum absolute atomic E-state index is 0.0973. The van der Waals surface area contributed by atoms with Gasteiger partial charge in [0.15, 0.2) is 0 Å². The topological polar surface area (TPSA) is 56.1 Å². The van der Waals surface area contributed by atoms with Crippen LogP contribution in [0.25, 0.3) is 6.08 Å². The van der Waals surface area contributed by atoms with Gasteiger partial charge in [0.1, 0.15) is 11.6 Å². The van der Waals surface area contributed by atoms with Gasteiger partial charge < -0.3 is 10.2 Å². The van der Waals surface area contributed by atoms with Crippen molar-refractivity contribution in [1.82, 2.24) is 0 Å². The number of carbonyl (C=O) groups is 1. The summed E-state index contributed by atoms with van der Waals surface area (Å²) in [6.45, 7) is 12.8. The number of amides is 1. The van der Waals surface area contributed by atoms with Gasteiger partial charge in [0.25, 0.3) is 5.91 Å². The molecule has 0 saturated heterocycles. The minimum atomic E-state index is -0.385. The minimum Gasteiger partial charge on any atom is -0.369 e. The summed E-state index contributed by atoms with van der Waals surface area (Å²) >= 11 is 0. The summed E-state index contributed by atoms with van der Waals surface area (Å²) in [7, 11) is 2.14. The van der Waals surface area contributed by atoms with Crippen molar-refractivity contribution in [3.05, 3.63) is 63.7 Å². The number of benzene rings is 2. The van der Waals surface area contributed by atoms with Gasteiger partial charge in [-0.1, -0.05) is 13.0 Å². The van der Waals surface area contributed by atoms with Gasteiger partial charge in [0.05, 0.1) is 0 Å². The molecular weight excluding hydrogens is 370 g/mol. The Morgan fingerprint density at radius 3 is 2.50 bits per heavy atom. The second kappa shape index (κ2) is 7.99. The Morgan fingerprint density at radius 2 is 1.87 bits per heavy atom. The van der Waals surface area contributed by atoms with Gasteiger partial charge in [0, 0.05) is 24.0 Å². The molecule has 1 N–H and O–H groups in total. The van der Waals surface area contributed by atoms with Crippen LogP contribution in [0.1, 0.15) is 60.9 Å². The lowest BCUT2D eigenvalue weighted by molar-refractivity contribution is -0.112. The van der Waals surface area contributed by atoms with Crippen molar-refractivity contribution in [3.63, 3.8) is 0 Å². The van der Waals surface area contributed by atoms with Crippen LogP contribution < -0.4 is 10.2 Å². The fourth-order valence-electron chi connectivity index (χ4n) is 4.21. The van der Waals surface area contributed by atoms with E-state index in [-0.39, 0.29) is 17.0 Å². The molecule has 0 bridgehead atoms. The first-order valence-corrected chi connectivity index (χ1v) is 10.4. The van der Waals surface area contributed by atoms with Gasteiger partial charge >= 0.3 is 0 Å². The van der Waals surface area contributed by atoms with Crippen LogP contribution in [0.5, 0.6) is 0 Å². The van der Waals surface area contributed by atoms with Crippen molar-refractivity contribution >= 4 is 23.4 Å². The zero-order chi connectivity index (χ0) is 22.2. The number of carbonyl (C=O) groups excluding carboxylic acids is 1. The monoisotopic (exact) mass is 401 g/mol. The lowest BCUT2D eigenvalue weighted by Crippen LogP contribution is -2.45. The van der Waals surface area contributed by atoms with E-state index in [0.29, 0.717) is 11.6 Å². The third-order valence-corrected chi connectivity index (χ3v) is 6.45. The lowest BCUT2D eigenvalue weighted by Gasteiger charge is -2.45. The largest absolute Gasteiger partial charge is 0.369 e. The number of hydrogen-bond acceptors (Lipinski definition) is 3. The standard InChI is InChI=1S/C26H31N3O/c1-16-8-9-22(10-17(16)2)28-25(30)21(15-27)12-20-13-23-19(4)14-26(5,6)29(7)24(23)11-18(20)3/h8-13,19H,14H2,1-7H3,(H,28,30)/b21-12-/t19-/m1/s1. The molecule has 4 heteroatoms.